The van der Waals surface area contributed by atoms with Crippen LogP contribution in [0.3, 0.4) is 0 Å². The summed E-state index contributed by atoms with van der Waals surface area (Å²) in [5, 5.41) is 11.1. The van der Waals surface area contributed by atoms with Crippen molar-refractivity contribution in [3.63, 3.8) is 0 Å². The molecule has 1 amide bonds. The molecule has 0 spiro atoms. The molecule has 1 aliphatic rings. The largest absolute Gasteiger partial charge is 0.490 e. The van der Waals surface area contributed by atoms with Crippen molar-refractivity contribution in [3.05, 3.63) is 42.0 Å². The summed E-state index contributed by atoms with van der Waals surface area (Å²) in [4.78, 5) is 12.4. The number of ether oxygens (including phenoxy) is 1. The highest BCUT2D eigenvalue weighted by molar-refractivity contribution is 5.96. The predicted octanol–water partition coefficient (Wildman–Crippen LogP) is 2.37. The van der Waals surface area contributed by atoms with Crippen LogP contribution in [0.1, 0.15) is 48.8 Å². The smallest absolute Gasteiger partial charge is 0.255 e. The van der Waals surface area contributed by atoms with Crippen LogP contribution in [0.4, 0.5) is 0 Å². The number of para-hydroxylation sites is 1. The quantitative estimate of drug-likeness (QED) is 0.852. The molecular weight excluding hydrogens is 292 g/mol. The molecular formula is C17H22N4O2. The fourth-order valence-electron chi connectivity index (χ4n) is 2.49. The van der Waals surface area contributed by atoms with Gasteiger partial charge >= 0.3 is 0 Å². The van der Waals surface area contributed by atoms with Gasteiger partial charge in [-0.3, -0.25) is 4.79 Å². The summed E-state index contributed by atoms with van der Waals surface area (Å²) in [7, 11) is 0. The highest BCUT2D eigenvalue weighted by Crippen LogP contribution is 2.38. The third-order valence-corrected chi connectivity index (χ3v) is 3.72. The van der Waals surface area contributed by atoms with Crippen molar-refractivity contribution in [2.24, 2.45) is 0 Å². The van der Waals surface area contributed by atoms with E-state index >= 15 is 0 Å². The Balaban J connectivity index is 1.58. The van der Waals surface area contributed by atoms with Gasteiger partial charge in [-0.2, -0.15) is 0 Å². The lowest BCUT2D eigenvalue weighted by molar-refractivity contribution is 0.0946. The van der Waals surface area contributed by atoms with E-state index in [9.17, 15) is 4.79 Å². The summed E-state index contributed by atoms with van der Waals surface area (Å²) in [6, 6.07) is 7.31. The number of nitrogens with zero attached hydrogens (tertiary/aromatic N) is 3. The molecule has 0 aliphatic heterocycles. The standard InChI is InChI=1S/C17H22N4O2/c1-12(2)23-15-6-4-3-5-14(15)17(22)18-9-10-21-11-19-20-16(21)13-7-8-13/h3-6,11-13H,7-10H2,1-2H3,(H,18,22). The van der Waals surface area contributed by atoms with Gasteiger partial charge in [0.25, 0.3) is 5.91 Å². The van der Waals surface area contributed by atoms with Gasteiger partial charge in [0.15, 0.2) is 0 Å². The molecule has 122 valence electrons. The molecule has 1 aliphatic carbocycles. The minimum absolute atomic E-state index is 0.0297. The molecule has 1 N–H and O–H groups in total. The Morgan fingerprint density at radius 1 is 1.39 bits per heavy atom. The first-order valence-corrected chi connectivity index (χ1v) is 8.06. The Morgan fingerprint density at radius 3 is 2.91 bits per heavy atom. The van der Waals surface area contributed by atoms with Gasteiger partial charge in [0.1, 0.15) is 17.9 Å². The lowest BCUT2D eigenvalue weighted by Crippen LogP contribution is -2.28. The molecule has 0 unspecified atom stereocenters. The second-order valence-electron chi connectivity index (χ2n) is 6.08. The number of amides is 1. The molecule has 1 heterocycles. The summed E-state index contributed by atoms with van der Waals surface area (Å²) in [6.45, 7) is 5.10. The monoisotopic (exact) mass is 314 g/mol. The molecule has 0 radical (unpaired) electrons. The number of benzene rings is 1. The molecule has 1 fully saturated rings. The van der Waals surface area contributed by atoms with E-state index in [0.717, 1.165) is 5.82 Å². The first-order valence-electron chi connectivity index (χ1n) is 8.06. The fourth-order valence-corrected chi connectivity index (χ4v) is 2.49. The van der Waals surface area contributed by atoms with Crippen molar-refractivity contribution in [1.82, 2.24) is 20.1 Å². The van der Waals surface area contributed by atoms with E-state index in [1.807, 2.05) is 36.6 Å². The lowest BCUT2D eigenvalue weighted by Gasteiger charge is -2.14. The molecule has 0 saturated heterocycles. The predicted molar refractivity (Wildman–Crippen MR) is 86.5 cm³/mol. The Morgan fingerprint density at radius 2 is 2.17 bits per heavy atom. The van der Waals surface area contributed by atoms with Gasteiger partial charge in [-0.1, -0.05) is 12.1 Å². The summed E-state index contributed by atoms with van der Waals surface area (Å²) < 4.78 is 7.71. The summed E-state index contributed by atoms with van der Waals surface area (Å²) in [6.07, 6.45) is 4.13. The molecule has 1 aromatic heterocycles. The molecule has 0 atom stereocenters. The summed E-state index contributed by atoms with van der Waals surface area (Å²) >= 11 is 0. The minimum Gasteiger partial charge on any atom is -0.490 e. The SMILES string of the molecule is CC(C)Oc1ccccc1C(=O)NCCn1cnnc1C1CC1. The number of hydrogen-bond acceptors (Lipinski definition) is 4. The highest BCUT2D eigenvalue weighted by atomic mass is 16.5. The van der Waals surface area contributed by atoms with E-state index in [1.54, 1.807) is 12.4 Å². The van der Waals surface area contributed by atoms with Crippen molar-refractivity contribution in [1.29, 1.82) is 0 Å². The number of carbonyl (C=O) groups is 1. The van der Waals surface area contributed by atoms with Crippen molar-refractivity contribution < 1.29 is 9.53 Å². The van der Waals surface area contributed by atoms with E-state index in [0.29, 0.717) is 30.3 Å². The third kappa shape index (κ3) is 3.88. The van der Waals surface area contributed by atoms with E-state index in [4.69, 9.17) is 4.74 Å². The van der Waals surface area contributed by atoms with Gasteiger partial charge in [0, 0.05) is 19.0 Å². The zero-order valence-electron chi connectivity index (χ0n) is 13.5. The zero-order chi connectivity index (χ0) is 16.2. The molecule has 6 heteroatoms. The molecule has 1 saturated carbocycles. The number of aromatic nitrogens is 3. The van der Waals surface area contributed by atoms with E-state index in [-0.39, 0.29) is 12.0 Å². The van der Waals surface area contributed by atoms with Gasteiger partial charge in [0.2, 0.25) is 0 Å². The lowest BCUT2D eigenvalue weighted by atomic mass is 10.2. The van der Waals surface area contributed by atoms with Crippen LogP contribution in [0.25, 0.3) is 0 Å². The van der Waals surface area contributed by atoms with Crippen molar-refractivity contribution in [2.75, 3.05) is 6.54 Å². The molecule has 23 heavy (non-hydrogen) atoms. The maximum atomic E-state index is 12.4. The van der Waals surface area contributed by atoms with Crippen LogP contribution in [-0.2, 0) is 6.54 Å². The Kier molecular flexibility index (Phi) is 4.60. The Hall–Kier alpha value is -2.37. The highest BCUT2D eigenvalue weighted by Gasteiger charge is 2.28. The molecule has 1 aromatic carbocycles. The molecule has 2 aromatic rings. The van der Waals surface area contributed by atoms with Crippen LogP contribution in [0, 0.1) is 0 Å². The van der Waals surface area contributed by atoms with E-state index in [2.05, 4.69) is 15.5 Å². The number of nitrogens with one attached hydrogen (secondary N) is 1. The summed E-state index contributed by atoms with van der Waals surface area (Å²) in [5.74, 6) is 2.07. The second-order valence-corrected chi connectivity index (χ2v) is 6.08. The first-order chi connectivity index (χ1) is 11.1. The van der Waals surface area contributed by atoms with Crippen molar-refractivity contribution >= 4 is 5.91 Å². The number of hydrogen-bond donors (Lipinski definition) is 1. The first kappa shape index (κ1) is 15.5. The van der Waals surface area contributed by atoms with Crippen molar-refractivity contribution in [2.45, 2.75) is 45.3 Å². The maximum Gasteiger partial charge on any atom is 0.255 e. The van der Waals surface area contributed by atoms with Gasteiger partial charge < -0.3 is 14.6 Å². The second kappa shape index (κ2) is 6.81. The fraction of sp³-hybridized carbons (Fsp3) is 0.471. The number of rotatable bonds is 7. The summed E-state index contributed by atoms with van der Waals surface area (Å²) in [5.41, 5.74) is 0.562. The van der Waals surface area contributed by atoms with Crippen molar-refractivity contribution in [3.8, 4) is 5.75 Å². The van der Waals surface area contributed by atoms with Crippen LogP contribution in [0.15, 0.2) is 30.6 Å². The van der Waals surface area contributed by atoms with Crippen LogP contribution in [0.2, 0.25) is 0 Å². The van der Waals surface area contributed by atoms with E-state index in [1.165, 1.54) is 12.8 Å². The van der Waals surface area contributed by atoms with Gasteiger partial charge in [0.05, 0.1) is 11.7 Å². The normalized spacial score (nSPS) is 14.0. The average Bonchev–Trinajstić information content (AvgIpc) is 3.26. The van der Waals surface area contributed by atoms with Crippen LogP contribution >= 0.6 is 0 Å². The van der Waals surface area contributed by atoms with Gasteiger partial charge in [-0.05, 0) is 38.8 Å². The van der Waals surface area contributed by atoms with Gasteiger partial charge in [-0.15, -0.1) is 10.2 Å². The third-order valence-electron chi connectivity index (χ3n) is 3.72. The minimum atomic E-state index is -0.123. The van der Waals surface area contributed by atoms with Crippen LogP contribution in [-0.4, -0.2) is 33.3 Å². The van der Waals surface area contributed by atoms with Crippen LogP contribution < -0.4 is 10.1 Å². The topological polar surface area (TPSA) is 69.0 Å². The molecule has 0 bridgehead atoms. The van der Waals surface area contributed by atoms with E-state index < -0.39 is 0 Å². The molecule has 6 nitrogen and oxygen atoms in total. The number of carbonyl (C=O) groups excluding carboxylic acids is 1. The average molecular weight is 314 g/mol. The maximum absolute atomic E-state index is 12.4. The Bertz CT molecular complexity index is 677. The molecule has 3 rings (SSSR count). The zero-order valence-corrected chi connectivity index (χ0v) is 13.5. The Labute approximate surface area is 135 Å². The van der Waals surface area contributed by atoms with Crippen LogP contribution in [0.5, 0.6) is 5.75 Å². The van der Waals surface area contributed by atoms with Gasteiger partial charge in [-0.25, -0.2) is 0 Å².